The Balaban J connectivity index is 2.04. The molecule has 1 aliphatic rings. The van der Waals surface area contributed by atoms with Gasteiger partial charge in [-0.2, -0.15) is 30.9 Å². The Morgan fingerprint density at radius 3 is 2.62 bits per heavy atom. The highest BCUT2D eigenvalue weighted by molar-refractivity contribution is 9.10. The fourth-order valence-electron chi connectivity index (χ4n) is 2.45. The first-order chi connectivity index (χ1) is 12.2. The number of nitrogens with one attached hydrogen (secondary N) is 1. The van der Waals surface area contributed by atoms with E-state index in [0.717, 1.165) is 12.8 Å². The number of carbonyl (C=O) groups is 2. The van der Waals surface area contributed by atoms with Crippen molar-refractivity contribution < 1.29 is 27.5 Å². The molecular weight excluding hydrogens is 439 g/mol. The van der Waals surface area contributed by atoms with E-state index in [0.29, 0.717) is 5.69 Å². The molecule has 1 saturated carbocycles. The van der Waals surface area contributed by atoms with Crippen molar-refractivity contribution in [1.82, 2.24) is 15.1 Å². The van der Waals surface area contributed by atoms with Crippen LogP contribution in [-0.4, -0.2) is 40.1 Å². The van der Waals surface area contributed by atoms with Crippen LogP contribution in [0.4, 0.5) is 13.2 Å². The van der Waals surface area contributed by atoms with Crippen LogP contribution in [0.25, 0.3) is 0 Å². The third-order valence-corrected chi connectivity index (χ3v) is 4.95. The van der Waals surface area contributed by atoms with Gasteiger partial charge in [-0.3, -0.25) is 9.48 Å². The average Bonchev–Trinajstić information content (AvgIpc) is 3.33. The number of aromatic nitrogens is 2. The first-order valence-corrected chi connectivity index (χ1v) is 9.51. The largest absolute Gasteiger partial charge is 0.464 e. The Hall–Kier alpha value is -1.23. The van der Waals surface area contributed by atoms with Crippen LogP contribution < -0.4 is 5.32 Å². The maximum atomic E-state index is 13.1. The maximum Gasteiger partial charge on any atom is 0.436 e. The first kappa shape index (κ1) is 21.1. The summed E-state index contributed by atoms with van der Waals surface area (Å²) in [5.41, 5.74) is -0.527. The second-order valence-electron chi connectivity index (χ2n) is 5.85. The van der Waals surface area contributed by atoms with Gasteiger partial charge in [0.05, 0.1) is 23.3 Å². The summed E-state index contributed by atoms with van der Waals surface area (Å²) in [7, 11) is 0. The fourth-order valence-corrected chi connectivity index (χ4v) is 3.52. The van der Waals surface area contributed by atoms with Crippen molar-refractivity contribution in [3.8, 4) is 0 Å². The van der Waals surface area contributed by atoms with Crippen molar-refractivity contribution in [3.05, 3.63) is 15.9 Å². The van der Waals surface area contributed by atoms with E-state index in [1.54, 1.807) is 6.92 Å². The van der Waals surface area contributed by atoms with Crippen LogP contribution in [-0.2, 0) is 27.0 Å². The van der Waals surface area contributed by atoms with Gasteiger partial charge in [-0.15, -0.1) is 0 Å². The zero-order valence-corrected chi connectivity index (χ0v) is 16.5. The third-order valence-electron chi connectivity index (χ3n) is 3.80. The van der Waals surface area contributed by atoms with E-state index in [1.807, 2.05) is 0 Å². The van der Waals surface area contributed by atoms with E-state index in [9.17, 15) is 22.8 Å². The van der Waals surface area contributed by atoms with Crippen molar-refractivity contribution in [2.45, 2.75) is 50.9 Å². The average molecular weight is 458 g/mol. The van der Waals surface area contributed by atoms with E-state index >= 15 is 0 Å². The summed E-state index contributed by atoms with van der Waals surface area (Å²) < 4.78 is 45.2. The summed E-state index contributed by atoms with van der Waals surface area (Å²) in [6.07, 6.45) is -3.11. The monoisotopic (exact) mass is 457 g/mol. The highest BCUT2D eigenvalue weighted by atomic mass is 79.9. The number of hydrogen-bond acceptors (Lipinski definition) is 5. The van der Waals surface area contributed by atoms with Gasteiger partial charge in [-0.05, 0) is 35.7 Å². The second-order valence-corrected chi connectivity index (χ2v) is 7.01. The van der Waals surface area contributed by atoms with Crippen LogP contribution in [0.15, 0.2) is 4.47 Å². The summed E-state index contributed by atoms with van der Waals surface area (Å²) in [6, 6.07) is -0.899. The van der Waals surface area contributed by atoms with Gasteiger partial charge in [0.15, 0.2) is 5.69 Å². The highest BCUT2D eigenvalue weighted by Gasteiger charge is 2.41. The Kier molecular flexibility index (Phi) is 7.00. The quantitative estimate of drug-likeness (QED) is 0.464. The van der Waals surface area contributed by atoms with Crippen molar-refractivity contribution in [1.29, 1.82) is 0 Å². The van der Waals surface area contributed by atoms with Crippen LogP contribution in [0.3, 0.4) is 0 Å². The lowest BCUT2D eigenvalue weighted by atomic mass is 10.2. The minimum Gasteiger partial charge on any atom is -0.464 e. The zero-order valence-electron chi connectivity index (χ0n) is 14.0. The van der Waals surface area contributed by atoms with Crippen LogP contribution in [0.5, 0.6) is 0 Å². The van der Waals surface area contributed by atoms with Gasteiger partial charge < -0.3 is 10.1 Å². The van der Waals surface area contributed by atoms with Gasteiger partial charge in [-0.1, -0.05) is 0 Å². The zero-order chi connectivity index (χ0) is 19.5. The molecule has 0 radical (unpaired) electrons. The Morgan fingerprint density at radius 1 is 1.46 bits per heavy atom. The minimum atomic E-state index is -4.57. The number of thiol groups is 1. The molecule has 0 spiro atoms. The van der Waals surface area contributed by atoms with Gasteiger partial charge in [0, 0.05) is 18.1 Å². The first-order valence-electron chi connectivity index (χ1n) is 8.09. The predicted octanol–water partition coefficient (Wildman–Crippen LogP) is 2.91. The molecule has 2 rings (SSSR count). The predicted molar refractivity (Wildman–Crippen MR) is 93.9 cm³/mol. The summed E-state index contributed by atoms with van der Waals surface area (Å²) in [6.45, 7) is 1.79. The molecule has 1 atom stereocenters. The van der Waals surface area contributed by atoms with Crippen LogP contribution in [0.1, 0.15) is 43.5 Å². The summed E-state index contributed by atoms with van der Waals surface area (Å²) in [4.78, 5) is 23.7. The van der Waals surface area contributed by atoms with Gasteiger partial charge >= 0.3 is 12.1 Å². The van der Waals surface area contributed by atoms with E-state index in [1.165, 1.54) is 4.68 Å². The molecule has 0 bridgehead atoms. The molecule has 1 N–H and O–H groups in total. The second kappa shape index (κ2) is 8.64. The summed E-state index contributed by atoms with van der Waals surface area (Å²) in [5, 5.41) is 6.11. The van der Waals surface area contributed by atoms with Gasteiger partial charge in [0.2, 0.25) is 5.91 Å². The number of amides is 1. The summed E-state index contributed by atoms with van der Waals surface area (Å²) in [5.74, 6) is -1.01. The van der Waals surface area contributed by atoms with E-state index < -0.39 is 29.8 Å². The molecule has 1 fully saturated rings. The number of rotatable bonds is 8. The lowest BCUT2D eigenvalue weighted by Crippen LogP contribution is -2.43. The van der Waals surface area contributed by atoms with Crippen molar-refractivity contribution in [2.75, 3.05) is 12.4 Å². The molecule has 26 heavy (non-hydrogen) atoms. The number of alkyl halides is 3. The minimum absolute atomic E-state index is 0.0146. The number of halogens is 4. The standard InChI is InChI=1S/C15H19BrF3N3O3S/c1-2-25-14(24)9(7-26)20-10(23)5-6-22-12(8-3-4-8)11(16)13(21-22)15(17,18)19/h8-9,26H,2-7H2,1H3,(H,20,23)/t9-/m0/s1. The molecule has 0 aromatic carbocycles. The van der Waals surface area contributed by atoms with Gasteiger partial charge in [0.25, 0.3) is 0 Å². The molecule has 11 heteroatoms. The molecule has 1 aromatic heterocycles. The highest BCUT2D eigenvalue weighted by Crippen LogP contribution is 2.46. The Morgan fingerprint density at radius 2 is 2.12 bits per heavy atom. The van der Waals surface area contributed by atoms with Crippen molar-refractivity contribution in [3.63, 3.8) is 0 Å². The smallest absolute Gasteiger partial charge is 0.436 e. The number of ether oxygens (including phenoxy) is 1. The molecule has 0 aliphatic heterocycles. The van der Waals surface area contributed by atoms with Crippen LogP contribution in [0, 0.1) is 0 Å². The lowest BCUT2D eigenvalue weighted by Gasteiger charge is -2.15. The molecule has 146 valence electrons. The van der Waals surface area contributed by atoms with E-state index in [4.69, 9.17) is 4.74 Å². The molecule has 0 saturated heterocycles. The fraction of sp³-hybridized carbons (Fsp3) is 0.667. The molecule has 1 aromatic rings. The van der Waals surface area contributed by atoms with Crippen molar-refractivity contribution >= 4 is 40.4 Å². The number of esters is 1. The molecule has 6 nitrogen and oxygen atoms in total. The number of nitrogens with zero attached hydrogens (tertiary/aromatic N) is 2. The third kappa shape index (κ3) is 5.15. The molecule has 1 amide bonds. The lowest BCUT2D eigenvalue weighted by molar-refractivity contribution is -0.146. The van der Waals surface area contributed by atoms with E-state index in [-0.39, 0.29) is 35.7 Å². The SMILES string of the molecule is CCOC(=O)[C@H](CS)NC(=O)CCn1nc(C(F)(F)F)c(Br)c1C1CC1. The number of aryl methyl sites for hydroxylation is 1. The normalized spacial score (nSPS) is 15.6. The Labute approximate surface area is 162 Å². The van der Waals surface area contributed by atoms with Crippen LogP contribution >= 0.6 is 28.6 Å². The molecule has 1 aliphatic carbocycles. The van der Waals surface area contributed by atoms with Crippen molar-refractivity contribution in [2.24, 2.45) is 0 Å². The summed E-state index contributed by atoms with van der Waals surface area (Å²) >= 11 is 6.99. The topological polar surface area (TPSA) is 73.2 Å². The maximum absolute atomic E-state index is 13.1. The number of hydrogen-bond donors (Lipinski definition) is 2. The molecular formula is C15H19BrF3N3O3S. The molecule has 1 heterocycles. The molecule has 0 unspecified atom stereocenters. The van der Waals surface area contributed by atoms with Crippen LogP contribution in [0.2, 0.25) is 0 Å². The van der Waals surface area contributed by atoms with E-state index in [2.05, 4.69) is 39.0 Å². The van der Waals surface area contributed by atoms with Gasteiger partial charge in [-0.25, -0.2) is 4.79 Å². The number of carbonyl (C=O) groups excluding carboxylic acids is 2. The Bertz CT molecular complexity index is 677. The van der Waals surface area contributed by atoms with Gasteiger partial charge in [0.1, 0.15) is 6.04 Å².